The lowest BCUT2D eigenvalue weighted by molar-refractivity contribution is -0.129. The van der Waals surface area contributed by atoms with E-state index < -0.39 is 0 Å². The summed E-state index contributed by atoms with van der Waals surface area (Å²) in [6.07, 6.45) is 2.82. The molecular weight excluding hydrogens is 356 g/mol. The molecule has 0 spiro atoms. The van der Waals surface area contributed by atoms with Crippen molar-refractivity contribution in [2.45, 2.75) is 58.5 Å². The molecule has 0 aliphatic carbocycles. The second-order valence-electron chi connectivity index (χ2n) is 7.23. The molecule has 2 atom stereocenters. The van der Waals surface area contributed by atoms with Crippen LogP contribution in [0.3, 0.4) is 0 Å². The van der Waals surface area contributed by atoms with Gasteiger partial charge in [-0.15, -0.1) is 11.3 Å². The zero-order chi connectivity index (χ0) is 19.4. The first-order valence-electron chi connectivity index (χ1n) is 9.77. The molecule has 1 aromatic heterocycles. The number of carbonyl (C=O) groups excluding carboxylic acids is 2. The van der Waals surface area contributed by atoms with Gasteiger partial charge in [-0.25, -0.2) is 0 Å². The molecule has 1 N–H and O–H groups in total. The number of aryl methyl sites for hydroxylation is 1. The van der Waals surface area contributed by atoms with E-state index in [1.54, 1.807) is 11.3 Å². The third-order valence-electron chi connectivity index (χ3n) is 5.41. The first kappa shape index (κ1) is 19.6. The normalized spacial score (nSPS) is 20.1. The third-order valence-corrected chi connectivity index (χ3v) is 6.36. The highest BCUT2D eigenvalue weighted by atomic mass is 32.1. The largest absolute Gasteiger partial charge is 0.353 e. The van der Waals surface area contributed by atoms with Crippen molar-refractivity contribution in [3.63, 3.8) is 0 Å². The van der Waals surface area contributed by atoms with Crippen LogP contribution in [0.2, 0.25) is 0 Å². The minimum absolute atomic E-state index is 0.0618. The van der Waals surface area contributed by atoms with Gasteiger partial charge in [0, 0.05) is 23.0 Å². The van der Waals surface area contributed by atoms with Crippen LogP contribution in [0.15, 0.2) is 41.8 Å². The minimum atomic E-state index is -0.247. The zero-order valence-corrected chi connectivity index (χ0v) is 17.1. The SMILES string of the molecule is CCC(CC)NC(=O)C1CCC(=O)N(c2ccc(C)cc2)C1c1cccs1. The Hall–Kier alpha value is -2.14. The van der Waals surface area contributed by atoms with Crippen LogP contribution in [0.4, 0.5) is 5.69 Å². The Morgan fingerprint density at radius 2 is 1.93 bits per heavy atom. The lowest BCUT2D eigenvalue weighted by Crippen LogP contribution is -2.49. The molecule has 27 heavy (non-hydrogen) atoms. The quantitative estimate of drug-likeness (QED) is 0.774. The van der Waals surface area contributed by atoms with Crippen LogP contribution in [0.5, 0.6) is 0 Å². The molecule has 5 heteroatoms. The zero-order valence-electron chi connectivity index (χ0n) is 16.3. The summed E-state index contributed by atoms with van der Waals surface area (Å²) >= 11 is 1.61. The molecule has 0 saturated carbocycles. The van der Waals surface area contributed by atoms with E-state index in [4.69, 9.17) is 0 Å². The first-order valence-corrected chi connectivity index (χ1v) is 10.7. The van der Waals surface area contributed by atoms with Gasteiger partial charge in [0.15, 0.2) is 0 Å². The van der Waals surface area contributed by atoms with Gasteiger partial charge in [0.1, 0.15) is 0 Å². The molecule has 2 aromatic rings. The number of piperidine rings is 1. The second-order valence-corrected chi connectivity index (χ2v) is 8.21. The summed E-state index contributed by atoms with van der Waals surface area (Å²) in [6.45, 7) is 6.22. The Bertz CT molecular complexity index is 766. The van der Waals surface area contributed by atoms with Crippen LogP contribution in [0.1, 0.15) is 56.0 Å². The Morgan fingerprint density at radius 1 is 1.22 bits per heavy atom. The van der Waals surface area contributed by atoms with Gasteiger partial charge in [0.25, 0.3) is 0 Å². The number of hydrogen-bond acceptors (Lipinski definition) is 3. The lowest BCUT2D eigenvalue weighted by Gasteiger charge is -2.40. The van der Waals surface area contributed by atoms with E-state index in [0.29, 0.717) is 12.8 Å². The van der Waals surface area contributed by atoms with Crippen molar-refractivity contribution in [2.75, 3.05) is 4.90 Å². The van der Waals surface area contributed by atoms with Gasteiger partial charge in [0.05, 0.1) is 12.0 Å². The molecule has 0 radical (unpaired) electrons. The van der Waals surface area contributed by atoms with Gasteiger partial charge in [-0.1, -0.05) is 37.6 Å². The highest BCUT2D eigenvalue weighted by molar-refractivity contribution is 7.10. The number of benzene rings is 1. The van der Waals surface area contributed by atoms with E-state index in [2.05, 4.69) is 19.2 Å². The van der Waals surface area contributed by atoms with Crippen molar-refractivity contribution >= 4 is 28.8 Å². The predicted octanol–water partition coefficient (Wildman–Crippen LogP) is 4.85. The summed E-state index contributed by atoms with van der Waals surface area (Å²) in [5.41, 5.74) is 2.02. The van der Waals surface area contributed by atoms with Gasteiger partial charge < -0.3 is 10.2 Å². The monoisotopic (exact) mass is 384 g/mol. The van der Waals surface area contributed by atoms with E-state index in [1.165, 1.54) is 0 Å². The Balaban J connectivity index is 1.97. The molecule has 3 rings (SSSR count). The minimum Gasteiger partial charge on any atom is -0.353 e. The standard InChI is InChI=1S/C22H28N2O2S/c1-4-16(5-2)23-22(26)18-12-13-20(25)24(17-10-8-15(3)9-11-17)21(18)19-7-6-14-27-19/h6-11,14,16,18,21H,4-5,12-13H2,1-3H3,(H,23,26). The fraction of sp³-hybridized carbons (Fsp3) is 0.455. The number of hydrogen-bond donors (Lipinski definition) is 1. The van der Waals surface area contributed by atoms with E-state index in [-0.39, 0.29) is 29.8 Å². The fourth-order valence-corrected chi connectivity index (χ4v) is 4.64. The first-order chi connectivity index (χ1) is 13.0. The van der Waals surface area contributed by atoms with Crippen molar-refractivity contribution in [3.05, 3.63) is 52.2 Å². The van der Waals surface area contributed by atoms with Crippen LogP contribution in [-0.4, -0.2) is 17.9 Å². The number of amides is 2. The summed E-state index contributed by atoms with van der Waals surface area (Å²) in [7, 11) is 0. The van der Waals surface area contributed by atoms with Crippen LogP contribution < -0.4 is 10.2 Å². The van der Waals surface area contributed by atoms with Gasteiger partial charge in [-0.3, -0.25) is 9.59 Å². The Labute approximate surface area is 165 Å². The molecule has 2 amide bonds. The topological polar surface area (TPSA) is 49.4 Å². The van der Waals surface area contributed by atoms with Crippen molar-refractivity contribution in [3.8, 4) is 0 Å². The van der Waals surface area contributed by atoms with E-state index >= 15 is 0 Å². The van der Waals surface area contributed by atoms with E-state index in [0.717, 1.165) is 29.0 Å². The maximum Gasteiger partial charge on any atom is 0.227 e. The summed E-state index contributed by atoms with van der Waals surface area (Å²) in [5.74, 6) is -0.0844. The average Bonchev–Trinajstić information content (AvgIpc) is 3.21. The molecule has 2 unspecified atom stereocenters. The fourth-order valence-electron chi connectivity index (χ4n) is 3.76. The van der Waals surface area contributed by atoms with Crippen molar-refractivity contribution in [1.82, 2.24) is 5.32 Å². The van der Waals surface area contributed by atoms with E-state index in [9.17, 15) is 9.59 Å². The molecule has 2 heterocycles. The summed E-state index contributed by atoms with van der Waals surface area (Å²) in [5, 5.41) is 5.21. The van der Waals surface area contributed by atoms with Gasteiger partial charge >= 0.3 is 0 Å². The predicted molar refractivity (Wildman–Crippen MR) is 111 cm³/mol. The van der Waals surface area contributed by atoms with Crippen molar-refractivity contribution in [2.24, 2.45) is 5.92 Å². The van der Waals surface area contributed by atoms with Crippen molar-refractivity contribution in [1.29, 1.82) is 0 Å². The Morgan fingerprint density at radius 3 is 2.52 bits per heavy atom. The van der Waals surface area contributed by atoms with Gasteiger partial charge in [0.2, 0.25) is 11.8 Å². The molecule has 4 nitrogen and oxygen atoms in total. The molecular formula is C22H28N2O2S. The van der Waals surface area contributed by atoms with Gasteiger partial charge in [-0.05, 0) is 49.8 Å². The molecule has 1 aliphatic heterocycles. The smallest absolute Gasteiger partial charge is 0.227 e. The third kappa shape index (κ3) is 4.24. The maximum atomic E-state index is 13.1. The van der Waals surface area contributed by atoms with Crippen LogP contribution >= 0.6 is 11.3 Å². The number of rotatable bonds is 6. The number of nitrogens with zero attached hydrogens (tertiary/aromatic N) is 1. The van der Waals surface area contributed by atoms with Crippen LogP contribution in [0, 0.1) is 12.8 Å². The maximum absolute atomic E-state index is 13.1. The number of anilines is 1. The molecule has 144 valence electrons. The molecule has 1 saturated heterocycles. The molecule has 1 aromatic carbocycles. The number of nitrogens with one attached hydrogen (secondary N) is 1. The second kappa shape index (κ2) is 8.70. The van der Waals surface area contributed by atoms with Gasteiger partial charge in [-0.2, -0.15) is 0 Å². The van der Waals surface area contributed by atoms with E-state index in [1.807, 2.05) is 53.6 Å². The van der Waals surface area contributed by atoms with Crippen LogP contribution in [0.25, 0.3) is 0 Å². The van der Waals surface area contributed by atoms with Crippen LogP contribution in [-0.2, 0) is 9.59 Å². The number of carbonyl (C=O) groups is 2. The number of thiophene rings is 1. The summed E-state index contributed by atoms with van der Waals surface area (Å²) < 4.78 is 0. The summed E-state index contributed by atoms with van der Waals surface area (Å²) in [6, 6.07) is 12.0. The van der Waals surface area contributed by atoms with Crippen molar-refractivity contribution < 1.29 is 9.59 Å². The molecule has 1 aliphatic rings. The molecule has 1 fully saturated rings. The Kier molecular flexibility index (Phi) is 6.32. The lowest BCUT2D eigenvalue weighted by atomic mass is 9.86. The highest BCUT2D eigenvalue weighted by Gasteiger charge is 2.42. The summed E-state index contributed by atoms with van der Waals surface area (Å²) in [4.78, 5) is 28.9. The average molecular weight is 385 g/mol. The highest BCUT2D eigenvalue weighted by Crippen LogP contribution is 2.41. The molecule has 0 bridgehead atoms.